The summed E-state index contributed by atoms with van der Waals surface area (Å²) in [6, 6.07) is -0.514. The van der Waals surface area contributed by atoms with E-state index in [1.165, 1.54) is 13.5 Å². The van der Waals surface area contributed by atoms with E-state index in [1.807, 2.05) is 6.08 Å². The van der Waals surface area contributed by atoms with Crippen LogP contribution in [0.25, 0.3) is 0 Å². The fraction of sp³-hybridized carbons (Fsp3) is 0.733. The molecule has 1 rings (SSSR count). The van der Waals surface area contributed by atoms with E-state index in [2.05, 4.69) is 11.9 Å². The lowest BCUT2D eigenvalue weighted by Gasteiger charge is -2.23. The first-order valence-electron chi connectivity index (χ1n) is 7.18. The standard InChI is InChI=1S/C15H25NO3/c1-3-4-6-11-13(15(18)19-2)16-14(17)12-9-7-5-8-10-12/h3,12-13H,1,4-11H2,2H3,(H,16,17)/t13-/m1/s1. The molecule has 1 N–H and O–H groups in total. The molecule has 0 radical (unpaired) electrons. The number of allylic oxidation sites excluding steroid dienone is 1. The van der Waals surface area contributed by atoms with Crippen LogP contribution in [0.1, 0.15) is 51.4 Å². The SMILES string of the molecule is C=CCCC[C@@H](NC(=O)C1CCCCC1)C(=O)OC. The van der Waals surface area contributed by atoms with Crippen molar-refractivity contribution in [2.45, 2.75) is 57.4 Å². The van der Waals surface area contributed by atoms with Crippen LogP contribution < -0.4 is 5.32 Å². The Hall–Kier alpha value is -1.32. The van der Waals surface area contributed by atoms with Crippen molar-refractivity contribution in [3.63, 3.8) is 0 Å². The molecule has 0 bridgehead atoms. The van der Waals surface area contributed by atoms with E-state index in [4.69, 9.17) is 4.74 Å². The van der Waals surface area contributed by atoms with Crippen molar-refractivity contribution in [2.75, 3.05) is 7.11 Å². The summed E-state index contributed by atoms with van der Waals surface area (Å²) in [6.45, 7) is 3.65. The highest BCUT2D eigenvalue weighted by Gasteiger charge is 2.26. The minimum absolute atomic E-state index is 0.00806. The normalized spacial score (nSPS) is 17.5. The fourth-order valence-corrected chi connectivity index (χ4v) is 2.51. The molecule has 0 unspecified atom stereocenters. The van der Waals surface area contributed by atoms with E-state index < -0.39 is 6.04 Å². The van der Waals surface area contributed by atoms with Crippen LogP contribution in [0.15, 0.2) is 12.7 Å². The number of carbonyl (C=O) groups is 2. The summed E-state index contributed by atoms with van der Waals surface area (Å²) in [5.41, 5.74) is 0. The van der Waals surface area contributed by atoms with Crippen molar-refractivity contribution in [1.82, 2.24) is 5.32 Å². The van der Waals surface area contributed by atoms with Gasteiger partial charge in [0, 0.05) is 5.92 Å². The molecule has 0 saturated heterocycles. The van der Waals surface area contributed by atoms with Crippen molar-refractivity contribution >= 4 is 11.9 Å². The molecule has 1 amide bonds. The highest BCUT2D eigenvalue weighted by molar-refractivity contribution is 5.85. The third-order valence-electron chi connectivity index (χ3n) is 3.68. The molecule has 1 saturated carbocycles. The van der Waals surface area contributed by atoms with Gasteiger partial charge in [-0.1, -0.05) is 25.3 Å². The van der Waals surface area contributed by atoms with Gasteiger partial charge in [-0.2, -0.15) is 0 Å². The second-order valence-electron chi connectivity index (χ2n) is 5.14. The average Bonchev–Trinajstić information content (AvgIpc) is 2.46. The number of esters is 1. The van der Waals surface area contributed by atoms with Gasteiger partial charge in [0.2, 0.25) is 5.91 Å². The largest absolute Gasteiger partial charge is 0.467 e. The lowest BCUT2D eigenvalue weighted by Crippen LogP contribution is -2.44. The van der Waals surface area contributed by atoms with Crippen molar-refractivity contribution in [2.24, 2.45) is 5.92 Å². The number of carbonyl (C=O) groups excluding carboxylic acids is 2. The minimum atomic E-state index is -0.514. The fourth-order valence-electron chi connectivity index (χ4n) is 2.51. The lowest BCUT2D eigenvalue weighted by atomic mass is 9.88. The van der Waals surface area contributed by atoms with Crippen LogP contribution in [0, 0.1) is 5.92 Å². The number of amides is 1. The molecule has 19 heavy (non-hydrogen) atoms. The Bertz CT molecular complexity index is 309. The molecule has 1 aliphatic rings. The van der Waals surface area contributed by atoms with Gasteiger partial charge in [-0.05, 0) is 32.1 Å². The number of hydrogen-bond acceptors (Lipinski definition) is 3. The van der Waals surface area contributed by atoms with Crippen LogP contribution in [0.4, 0.5) is 0 Å². The number of ether oxygens (including phenoxy) is 1. The molecule has 0 spiro atoms. The summed E-state index contributed by atoms with van der Waals surface area (Å²) in [5, 5.41) is 2.85. The molecule has 0 aromatic carbocycles. The van der Waals surface area contributed by atoms with Crippen LogP contribution in [0.5, 0.6) is 0 Å². The Morgan fingerprint density at radius 1 is 1.37 bits per heavy atom. The Kier molecular flexibility index (Phi) is 7.23. The van der Waals surface area contributed by atoms with E-state index in [9.17, 15) is 9.59 Å². The second kappa shape index (κ2) is 8.73. The van der Waals surface area contributed by atoms with Crippen LogP contribution in [-0.2, 0) is 14.3 Å². The summed E-state index contributed by atoms with van der Waals surface area (Å²) in [5.74, 6) is -0.276. The van der Waals surface area contributed by atoms with Crippen LogP contribution in [0.2, 0.25) is 0 Å². The monoisotopic (exact) mass is 267 g/mol. The van der Waals surface area contributed by atoms with Crippen molar-refractivity contribution in [3.05, 3.63) is 12.7 Å². The molecule has 1 fully saturated rings. The first-order valence-corrected chi connectivity index (χ1v) is 7.18. The van der Waals surface area contributed by atoms with Gasteiger partial charge >= 0.3 is 5.97 Å². The number of methoxy groups -OCH3 is 1. The summed E-state index contributed by atoms with van der Waals surface area (Å²) >= 11 is 0. The zero-order valence-electron chi connectivity index (χ0n) is 11.8. The maximum absolute atomic E-state index is 12.1. The van der Waals surface area contributed by atoms with Crippen LogP contribution in [0.3, 0.4) is 0 Å². The summed E-state index contributed by atoms with van der Waals surface area (Å²) in [7, 11) is 1.36. The van der Waals surface area contributed by atoms with Gasteiger partial charge in [0.15, 0.2) is 0 Å². The Morgan fingerprint density at radius 2 is 2.05 bits per heavy atom. The number of hydrogen-bond donors (Lipinski definition) is 1. The maximum atomic E-state index is 12.1. The van der Waals surface area contributed by atoms with Gasteiger partial charge in [-0.3, -0.25) is 4.79 Å². The van der Waals surface area contributed by atoms with E-state index in [0.717, 1.165) is 38.5 Å². The zero-order chi connectivity index (χ0) is 14.1. The molecule has 4 nitrogen and oxygen atoms in total. The zero-order valence-corrected chi connectivity index (χ0v) is 11.8. The predicted molar refractivity (Wildman–Crippen MR) is 74.6 cm³/mol. The minimum Gasteiger partial charge on any atom is -0.467 e. The summed E-state index contributed by atoms with van der Waals surface area (Å²) in [4.78, 5) is 23.8. The van der Waals surface area contributed by atoms with Gasteiger partial charge in [-0.15, -0.1) is 6.58 Å². The molecule has 0 aromatic heterocycles. The predicted octanol–water partition coefficient (Wildman–Crippen LogP) is 2.58. The smallest absolute Gasteiger partial charge is 0.328 e. The van der Waals surface area contributed by atoms with Gasteiger partial charge in [0.1, 0.15) is 6.04 Å². The third kappa shape index (κ3) is 5.45. The molecule has 108 valence electrons. The van der Waals surface area contributed by atoms with Crippen molar-refractivity contribution in [1.29, 1.82) is 0 Å². The molecule has 4 heteroatoms. The topological polar surface area (TPSA) is 55.4 Å². The first-order chi connectivity index (χ1) is 9.19. The molecule has 0 heterocycles. The molecule has 0 aliphatic heterocycles. The van der Waals surface area contributed by atoms with Crippen molar-refractivity contribution in [3.8, 4) is 0 Å². The molecule has 0 aromatic rings. The third-order valence-corrected chi connectivity index (χ3v) is 3.68. The Morgan fingerprint density at radius 3 is 2.63 bits per heavy atom. The highest BCUT2D eigenvalue weighted by atomic mass is 16.5. The lowest BCUT2D eigenvalue weighted by molar-refractivity contribution is -0.146. The number of nitrogens with one attached hydrogen (secondary N) is 1. The molecular weight excluding hydrogens is 242 g/mol. The van der Waals surface area contributed by atoms with Gasteiger partial charge in [-0.25, -0.2) is 4.79 Å². The average molecular weight is 267 g/mol. The van der Waals surface area contributed by atoms with E-state index in [0.29, 0.717) is 6.42 Å². The summed E-state index contributed by atoms with van der Waals surface area (Å²) in [6.07, 6.45) is 9.40. The summed E-state index contributed by atoms with van der Waals surface area (Å²) < 4.78 is 4.75. The Balaban J connectivity index is 2.47. The van der Waals surface area contributed by atoms with Gasteiger partial charge in [0.25, 0.3) is 0 Å². The second-order valence-corrected chi connectivity index (χ2v) is 5.14. The van der Waals surface area contributed by atoms with Crippen molar-refractivity contribution < 1.29 is 14.3 Å². The van der Waals surface area contributed by atoms with E-state index >= 15 is 0 Å². The highest BCUT2D eigenvalue weighted by Crippen LogP contribution is 2.23. The first kappa shape index (κ1) is 15.7. The number of unbranched alkanes of at least 4 members (excludes halogenated alkanes) is 1. The molecule has 1 aliphatic carbocycles. The van der Waals surface area contributed by atoms with E-state index in [1.54, 1.807) is 0 Å². The number of rotatable bonds is 7. The van der Waals surface area contributed by atoms with Crippen LogP contribution >= 0.6 is 0 Å². The Labute approximate surface area is 115 Å². The quantitative estimate of drug-likeness (QED) is 0.438. The maximum Gasteiger partial charge on any atom is 0.328 e. The van der Waals surface area contributed by atoms with Gasteiger partial charge < -0.3 is 10.1 Å². The molecule has 1 atom stereocenters. The van der Waals surface area contributed by atoms with Gasteiger partial charge in [0.05, 0.1) is 7.11 Å². The van der Waals surface area contributed by atoms with E-state index in [-0.39, 0.29) is 17.8 Å². The van der Waals surface area contributed by atoms with Crippen LogP contribution in [-0.4, -0.2) is 25.0 Å². The molecular formula is C15H25NO3.